The summed E-state index contributed by atoms with van der Waals surface area (Å²) in [7, 11) is 0. The Morgan fingerprint density at radius 2 is 2.33 bits per heavy atom. The Bertz CT molecular complexity index is 507. The number of nitrogens with zero attached hydrogens (tertiary/aromatic N) is 2. The Hall–Kier alpha value is -1.34. The molecule has 0 aliphatic carbocycles. The molecule has 0 radical (unpaired) electrons. The molecule has 3 nitrogen and oxygen atoms in total. The molecule has 0 saturated carbocycles. The largest absolute Gasteiger partial charge is 0.370 e. The van der Waals surface area contributed by atoms with E-state index in [-0.39, 0.29) is 11.7 Å². The number of hydrogen-bond acceptors (Lipinski definition) is 3. The molecule has 1 heterocycles. The first-order chi connectivity index (χ1) is 8.61. The number of anilines is 1. The van der Waals surface area contributed by atoms with E-state index in [1.54, 1.807) is 6.92 Å². The van der Waals surface area contributed by atoms with E-state index in [1.807, 2.05) is 18.2 Å². The van der Waals surface area contributed by atoms with Crippen molar-refractivity contribution in [1.29, 1.82) is 5.26 Å². The summed E-state index contributed by atoms with van der Waals surface area (Å²) in [6, 6.07) is 7.71. The van der Waals surface area contributed by atoms with E-state index in [2.05, 4.69) is 26.9 Å². The second-order valence-electron chi connectivity index (χ2n) is 4.67. The lowest BCUT2D eigenvalue weighted by molar-refractivity contribution is -0.120. The van der Waals surface area contributed by atoms with Gasteiger partial charge in [-0.05, 0) is 53.9 Å². The van der Waals surface area contributed by atoms with Gasteiger partial charge in [0.05, 0.1) is 17.3 Å². The van der Waals surface area contributed by atoms with Crippen molar-refractivity contribution in [3.8, 4) is 6.07 Å². The standard InChI is InChI=1S/C14H15BrN2O/c1-10(18)12-3-2-6-17(9-12)14-5-4-11(8-16)7-13(14)15/h4-5,7,12H,2-3,6,9H2,1H3. The van der Waals surface area contributed by atoms with Gasteiger partial charge in [0.2, 0.25) is 0 Å². The van der Waals surface area contributed by atoms with Crippen LogP contribution in [0.2, 0.25) is 0 Å². The van der Waals surface area contributed by atoms with E-state index < -0.39 is 0 Å². The van der Waals surface area contributed by atoms with Gasteiger partial charge in [-0.25, -0.2) is 0 Å². The molecule has 1 unspecified atom stereocenters. The fourth-order valence-corrected chi connectivity index (χ4v) is 2.99. The predicted molar refractivity (Wildman–Crippen MR) is 74.5 cm³/mol. The lowest BCUT2D eigenvalue weighted by atomic mass is 9.94. The second-order valence-corrected chi connectivity index (χ2v) is 5.53. The Kier molecular flexibility index (Phi) is 4.03. The van der Waals surface area contributed by atoms with Crippen molar-refractivity contribution in [3.05, 3.63) is 28.2 Å². The third-order valence-electron chi connectivity index (χ3n) is 3.41. The van der Waals surface area contributed by atoms with Crippen LogP contribution in [0.25, 0.3) is 0 Å². The van der Waals surface area contributed by atoms with Gasteiger partial charge in [0.15, 0.2) is 0 Å². The number of piperidine rings is 1. The number of hydrogen-bond donors (Lipinski definition) is 0. The molecule has 0 bridgehead atoms. The van der Waals surface area contributed by atoms with Crippen LogP contribution in [0.15, 0.2) is 22.7 Å². The Morgan fingerprint density at radius 3 is 2.94 bits per heavy atom. The minimum atomic E-state index is 0.140. The summed E-state index contributed by atoms with van der Waals surface area (Å²) in [5.41, 5.74) is 1.71. The van der Waals surface area contributed by atoms with Crippen LogP contribution >= 0.6 is 15.9 Å². The van der Waals surface area contributed by atoms with Gasteiger partial charge in [-0.15, -0.1) is 0 Å². The highest BCUT2D eigenvalue weighted by Crippen LogP contribution is 2.31. The van der Waals surface area contributed by atoms with Crippen molar-refractivity contribution in [3.63, 3.8) is 0 Å². The monoisotopic (exact) mass is 306 g/mol. The van der Waals surface area contributed by atoms with Crippen molar-refractivity contribution < 1.29 is 4.79 Å². The average Bonchev–Trinajstić information content (AvgIpc) is 2.38. The smallest absolute Gasteiger partial charge is 0.134 e. The molecule has 94 valence electrons. The number of carbonyl (C=O) groups excluding carboxylic acids is 1. The molecule has 1 atom stereocenters. The van der Waals surface area contributed by atoms with Crippen LogP contribution in [0.1, 0.15) is 25.3 Å². The van der Waals surface area contributed by atoms with Crippen molar-refractivity contribution in [2.75, 3.05) is 18.0 Å². The fraction of sp³-hybridized carbons (Fsp3) is 0.429. The van der Waals surface area contributed by atoms with Crippen molar-refractivity contribution >= 4 is 27.4 Å². The number of nitriles is 1. The highest BCUT2D eigenvalue weighted by atomic mass is 79.9. The Labute approximate surface area is 116 Å². The molecule has 0 N–H and O–H groups in total. The van der Waals surface area contributed by atoms with Crippen LogP contribution in [0.4, 0.5) is 5.69 Å². The van der Waals surface area contributed by atoms with Crippen molar-refractivity contribution in [2.45, 2.75) is 19.8 Å². The molecule has 0 spiro atoms. The van der Waals surface area contributed by atoms with E-state index in [9.17, 15) is 4.79 Å². The molecule has 18 heavy (non-hydrogen) atoms. The highest BCUT2D eigenvalue weighted by Gasteiger charge is 2.24. The Balaban J connectivity index is 2.21. The van der Waals surface area contributed by atoms with Gasteiger partial charge in [-0.3, -0.25) is 4.79 Å². The summed E-state index contributed by atoms with van der Waals surface area (Å²) in [6.45, 7) is 3.41. The lowest BCUT2D eigenvalue weighted by Crippen LogP contribution is -2.38. The van der Waals surface area contributed by atoms with Gasteiger partial charge in [-0.1, -0.05) is 0 Å². The van der Waals surface area contributed by atoms with Crippen LogP contribution in [0, 0.1) is 17.2 Å². The van der Waals surface area contributed by atoms with Crippen LogP contribution in [-0.2, 0) is 4.79 Å². The minimum absolute atomic E-state index is 0.140. The molecule has 1 aromatic carbocycles. The Morgan fingerprint density at radius 1 is 1.56 bits per heavy atom. The zero-order valence-corrected chi connectivity index (χ0v) is 11.9. The van der Waals surface area contributed by atoms with Crippen molar-refractivity contribution in [2.24, 2.45) is 5.92 Å². The predicted octanol–water partition coefficient (Wildman–Crippen LogP) is 3.13. The van der Waals surface area contributed by atoms with Gasteiger partial charge >= 0.3 is 0 Å². The molecule has 2 rings (SSSR count). The van der Waals surface area contributed by atoms with E-state index >= 15 is 0 Å². The fourth-order valence-electron chi connectivity index (χ4n) is 2.36. The van der Waals surface area contributed by atoms with E-state index in [0.717, 1.165) is 36.1 Å². The zero-order valence-electron chi connectivity index (χ0n) is 10.3. The van der Waals surface area contributed by atoms with Crippen LogP contribution < -0.4 is 4.90 Å². The van der Waals surface area contributed by atoms with Crippen LogP contribution in [0.5, 0.6) is 0 Å². The number of rotatable bonds is 2. The maximum atomic E-state index is 11.5. The van der Waals surface area contributed by atoms with E-state index in [1.165, 1.54) is 0 Å². The first kappa shape index (κ1) is 13.1. The summed E-state index contributed by atoms with van der Waals surface area (Å²) in [5.74, 6) is 0.408. The quantitative estimate of drug-likeness (QED) is 0.843. The molecule has 1 fully saturated rings. The molecule has 1 aromatic rings. The number of ketones is 1. The summed E-state index contributed by atoms with van der Waals surface area (Å²) in [4.78, 5) is 13.7. The average molecular weight is 307 g/mol. The third kappa shape index (κ3) is 2.73. The number of halogens is 1. The number of carbonyl (C=O) groups is 1. The molecule has 4 heteroatoms. The summed E-state index contributed by atoms with van der Waals surface area (Å²) in [5, 5.41) is 8.85. The van der Waals surface area contributed by atoms with Crippen molar-refractivity contribution in [1.82, 2.24) is 0 Å². The zero-order chi connectivity index (χ0) is 13.1. The van der Waals surface area contributed by atoms with E-state index in [4.69, 9.17) is 5.26 Å². The topological polar surface area (TPSA) is 44.1 Å². The SMILES string of the molecule is CC(=O)C1CCCN(c2ccc(C#N)cc2Br)C1. The number of benzene rings is 1. The molecular weight excluding hydrogens is 292 g/mol. The number of Topliss-reactive ketones (excluding diaryl/α,β-unsaturated/α-hetero) is 1. The first-order valence-electron chi connectivity index (χ1n) is 6.07. The molecule has 0 amide bonds. The summed E-state index contributed by atoms with van der Waals surface area (Å²) < 4.78 is 0.922. The van der Waals surface area contributed by atoms with Crippen LogP contribution in [-0.4, -0.2) is 18.9 Å². The summed E-state index contributed by atoms with van der Waals surface area (Å²) >= 11 is 3.50. The molecule has 0 aromatic heterocycles. The third-order valence-corrected chi connectivity index (χ3v) is 4.05. The first-order valence-corrected chi connectivity index (χ1v) is 6.86. The van der Waals surface area contributed by atoms with Gasteiger partial charge in [0.1, 0.15) is 5.78 Å². The molecule has 1 aliphatic rings. The second kappa shape index (κ2) is 5.53. The van der Waals surface area contributed by atoms with Gasteiger partial charge in [0, 0.05) is 23.5 Å². The highest BCUT2D eigenvalue weighted by molar-refractivity contribution is 9.10. The minimum Gasteiger partial charge on any atom is -0.370 e. The maximum Gasteiger partial charge on any atom is 0.134 e. The maximum absolute atomic E-state index is 11.5. The van der Waals surface area contributed by atoms with Gasteiger partial charge < -0.3 is 4.90 Å². The molecular formula is C14H15BrN2O. The van der Waals surface area contributed by atoms with Crippen LogP contribution in [0.3, 0.4) is 0 Å². The van der Waals surface area contributed by atoms with E-state index in [0.29, 0.717) is 5.56 Å². The summed E-state index contributed by atoms with van der Waals surface area (Å²) in [6.07, 6.45) is 2.02. The normalized spacial score (nSPS) is 19.4. The van der Waals surface area contributed by atoms with Gasteiger partial charge in [0.25, 0.3) is 0 Å². The molecule has 1 aliphatic heterocycles. The lowest BCUT2D eigenvalue weighted by Gasteiger charge is -2.34. The molecule has 1 saturated heterocycles. The van der Waals surface area contributed by atoms with Gasteiger partial charge in [-0.2, -0.15) is 5.26 Å².